The Labute approximate surface area is 155 Å². The highest BCUT2D eigenvalue weighted by Gasteiger charge is 2.33. The number of halogens is 1. The zero-order valence-corrected chi connectivity index (χ0v) is 15.9. The van der Waals surface area contributed by atoms with Crippen molar-refractivity contribution in [1.29, 1.82) is 0 Å². The molecule has 2 aliphatic rings. The van der Waals surface area contributed by atoms with Gasteiger partial charge in [-0.05, 0) is 43.9 Å². The van der Waals surface area contributed by atoms with Gasteiger partial charge in [-0.2, -0.15) is 4.31 Å². The molecule has 2 fully saturated rings. The number of likely N-dealkylation sites (tertiary alicyclic amines) is 1. The largest absolute Gasteiger partial charge is 0.338 e. The van der Waals surface area contributed by atoms with E-state index in [1.54, 1.807) is 29.2 Å². The van der Waals surface area contributed by atoms with Gasteiger partial charge in [0.15, 0.2) is 0 Å². The van der Waals surface area contributed by atoms with Gasteiger partial charge in [-0.25, -0.2) is 8.42 Å². The third-order valence-electron chi connectivity index (χ3n) is 4.96. The molecule has 2 heterocycles. The summed E-state index contributed by atoms with van der Waals surface area (Å²) >= 11 is 0. The quantitative estimate of drug-likeness (QED) is 0.852. The molecule has 140 valence electrons. The number of nitrogens with two attached hydrogens (primary N) is 1. The first-order valence-electron chi connectivity index (χ1n) is 8.62. The number of hydrogen-bond donors (Lipinski definition) is 1. The number of rotatable bonds is 4. The van der Waals surface area contributed by atoms with Gasteiger partial charge in [0.2, 0.25) is 10.0 Å². The zero-order valence-electron chi connectivity index (χ0n) is 14.3. The van der Waals surface area contributed by atoms with E-state index in [0.717, 1.165) is 25.7 Å². The topological polar surface area (TPSA) is 83.7 Å². The second kappa shape index (κ2) is 8.49. The van der Waals surface area contributed by atoms with Gasteiger partial charge in [0.25, 0.3) is 5.91 Å². The van der Waals surface area contributed by atoms with Crippen LogP contribution in [0.2, 0.25) is 0 Å². The van der Waals surface area contributed by atoms with Crippen LogP contribution in [-0.2, 0) is 10.0 Å². The lowest BCUT2D eigenvalue weighted by Gasteiger charge is -2.27. The second-order valence-corrected chi connectivity index (χ2v) is 8.51. The van der Waals surface area contributed by atoms with E-state index in [2.05, 4.69) is 0 Å². The molecule has 1 aromatic carbocycles. The molecule has 0 radical (unpaired) electrons. The number of nitrogens with zero attached hydrogens (tertiary/aromatic N) is 2. The average molecular weight is 388 g/mol. The Morgan fingerprint density at radius 3 is 2.44 bits per heavy atom. The maximum Gasteiger partial charge on any atom is 0.255 e. The summed E-state index contributed by atoms with van der Waals surface area (Å²) < 4.78 is 27.5. The molecule has 1 amide bonds. The van der Waals surface area contributed by atoms with Crippen molar-refractivity contribution in [3.8, 4) is 0 Å². The minimum absolute atomic E-state index is 0. The van der Waals surface area contributed by atoms with E-state index < -0.39 is 10.0 Å². The summed E-state index contributed by atoms with van der Waals surface area (Å²) in [5.41, 5.74) is 5.97. The number of carbonyl (C=O) groups excluding carboxylic acids is 1. The number of amides is 1. The molecule has 3 rings (SSSR count). The number of benzene rings is 1. The first-order valence-corrected chi connectivity index (χ1v) is 10.1. The Hall–Kier alpha value is -1.15. The fraction of sp³-hybridized carbons (Fsp3) is 0.588. The molecule has 2 N–H and O–H groups in total. The van der Waals surface area contributed by atoms with Gasteiger partial charge in [0.05, 0.1) is 10.5 Å². The summed E-state index contributed by atoms with van der Waals surface area (Å²) in [6, 6.07) is 6.57. The predicted octanol–water partition coefficient (Wildman–Crippen LogP) is 1.70. The summed E-state index contributed by atoms with van der Waals surface area (Å²) in [6.07, 6.45) is 3.68. The van der Waals surface area contributed by atoms with Crippen LogP contribution in [0.3, 0.4) is 0 Å². The third kappa shape index (κ3) is 4.16. The van der Waals surface area contributed by atoms with Crippen LogP contribution >= 0.6 is 12.4 Å². The molecule has 25 heavy (non-hydrogen) atoms. The number of hydrogen-bond acceptors (Lipinski definition) is 4. The lowest BCUT2D eigenvalue weighted by Crippen LogP contribution is -2.37. The monoisotopic (exact) mass is 387 g/mol. The Morgan fingerprint density at radius 1 is 1.12 bits per heavy atom. The molecule has 0 aliphatic carbocycles. The lowest BCUT2D eigenvalue weighted by atomic mass is 10.1. The number of sulfonamides is 1. The molecule has 0 aromatic heterocycles. The van der Waals surface area contributed by atoms with Crippen LogP contribution in [0.15, 0.2) is 29.2 Å². The highest BCUT2D eigenvalue weighted by molar-refractivity contribution is 7.89. The molecule has 1 unspecified atom stereocenters. The normalized spacial score (nSPS) is 21.8. The van der Waals surface area contributed by atoms with Gasteiger partial charge in [-0.1, -0.05) is 18.6 Å². The molecule has 1 atom stereocenters. The maximum atomic E-state index is 13.0. The molecule has 0 bridgehead atoms. The molecule has 1 aromatic rings. The van der Waals surface area contributed by atoms with E-state index >= 15 is 0 Å². The highest BCUT2D eigenvalue weighted by Crippen LogP contribution is 2.26. The molecule has 2 saturated heterocycles. The van der Waals surface area contributed by atoms with E-state index in [4.69, 9.17) is 5.73 Å². The fourth-order valence-corrected chi connectivity index (χ4v) is 5.19. The number of carbonyl (C=O) groups is 1. The number of piperidine rings is 1. The van der Waals surface area contributed by atoms with Gasteiger partial charge in [-0.15, -0.1) is 12.4 Å². The standard InChI is InChI=1S/C17H25N3O3S.ClH/c18-12-14-8-11-19(13-14)17(21)15-6-2-3-7-16(15)24(22,23)20-9-4-1-5-10-20;/h2-3,6-7,14H,1,4-5,8-13,18H2;1H. The molecule has 8 heteroatoms. The first kappa shape index (κ1) is 20.2. The minimum atomic E-state index is -3.63. The van der Waals surface area contributed by atoms with Crippen molar-refractivity contribution in [2.45, 2.75) is 30.6 Å². The van der Waals surface area contributed by atoms with E-state index in [9.17, 15) is 13.2 Å². The van der Waals surface area contributed by atoms with Crippen LogP contribution in [0.4, 0.5) is 0 Å². The van der Waals surface area contributed by atoms with E-state index in [0.29, 0.717) is 38.6 Å². The van der Waals surface area contributed by atoms with Crippen molar-refractivity contribution in [3.05, 3.63) is 29.8 Å². The van der Waals surface area contributed by atoms with Gasteiger partial charge in [0, 0.05) is 26.2 Å². The molecule has 6 nitrogen and oxygen atoms in total. The Bertz CT molecular complexity index is 705. The maximum absolute atomic E-state index is 13.0. The average Bonchev–Trinajstić information content (AvgIpc) is 3.11. The summed E-state index contributed by atoms with van der Waals surface area (Å²) in [6.45, 7) is 2.86. The van der Waals surface area contributed by atoms with Crippen molar-refractivity contribution in [3.63, 3.8) is 0 Å². The van der Waals surface area contributed by atoms with Crippen LogP contribution in [0, 0.1) is 5.92 Å². The summed E-state index contributed by atoms with van der Waals surface area (Å²) in [5, 5.41) is 0. The van der Waals surface area contributed by atoms with Gasteiger partial charge < -0.3 is 10.6 Å². The van der Waals surface area contributed by atoms with Crippen LogP contribution < -0.4 is 5.73 Å². The van der Waals surface area contributed by atoms with E-state index in [-0.39, 0.29) is 28.8 Å². The zero-order chi connectivity index (χ0) is 17.2. The fourth-order valence-electron chi connectivity index (χ4n) is 3.49. The van der Waals surface area contributed by atoms with Gasteiger partial charge in [0.1, 0.15) is 0 Å². The van der Waals surface area contributed by atoms with Crippen molar-refractivity contribution in [2.24, 2.45) is 11.7 Å². The smallest absolute Gasteiger partial charge is 0.255 e. The summed E-state index contributed by atoms with van der Waals surface area (Å²) in [7, 11) is -3.63. The van der Waals surface area contributed by atoms with Crippen LogP contribution in [-0.4, -0.2) is 56.3 Å². The minimum Gasteiger partial charge on any atom is -0.338 e. The highest BCUT2D eigenvalue weighted by atomic mass is 35.5. The Balaban J connectivity index is 0.00000225. The molecule has 0 saturated carbocycles. The summed E-state index contributed by atoms with van der Waals surface area (Å²) in [5.74, 6) is 0.0990. The van der Waals surface area contributed by atoms with Crippen molar-refractivity contribution in [1.82, 2.24) is 9.21 Å². The molecular formula is C17H26ClN3O3S. The van der Waals surface area contributed by atoms with E-state index in [1.807, 2.05) is 0 Å². The first-order chi connectivity index (χ1) is 11.5. The van der Waals surface area contributed by atoms with Crippen molar-refractivity contribution in [2.75, 3.05) is 32.7 Å². The van der Waals surface area contributed by atoms with Crippen LogP contribution in [0.1, 0.15) is 36.0 Å². The van der Waals surface area contributed by atoms with Crippen LogP contribution in [0.5, 0.6) is 0 Å². The third-order valence-corrected chi connectivity index (χ3v) is 6.91. The lowest BCUT2D eigenvalue weighted by molar-refractivity contribution is 0.0783. The van der Waals surface area contributed by atoms with Gasteiger partial charge in [-0.3, -0.25) is 4.79 Å². The molecule has 2 aliphatic heterocycles. The van der Waals surface area contributed by atoms with Crippen molar-refractivity contribution < 1.29 is 13.2 Å². The Morgan fingerprint density at radius 2 is 1.80 bits per heavy atom. The van der Waals surface area contributed by atoms with Gasteiger partial charge >= 0.3 is 0 Å². The van der Waals surface area contributed by atoms with E-state index in [1.165, 1.54) is 4.31 Å². The second-order valence-electron chi connectivity index (χ2n) is 6.60. The summed E-state index contributed by atoms with van der Waals surface area (Å²) in [4.78, 5) is 14.7. The SMILES string of the molecule is Cl.NCC1CCN(C(=O)c2ccccc2S(=O)(=O)N2CCCCC2)C1. The predicted molar refractivity (Wildman–Crippen MR) is 99.4 cm³/mol. The van der Waals surface area contributed by atoms with Crippen molar-refractivity contribution >= 4 is 28.3 Å². The van der Waals surface area contributed by atoms with Crippen LogP contribution in [0.25, 0.3) is 0 Å². The Kier molecular flexibility index (Phi) is 6.85. The molecule has 0 spiro atoms. The molecular weight excluding hydrogens is 362 g/mol.